The van der Waals surface area contributed by atoms with Crippen molar-refractivity contribution in [2.45, 2.75) is 55.3 Å². The van der Waals surface area contributed by atoms with E-state index in [1.165, 1.54) is 4.90 Å². The van der Waals surface area contributed by atoms with E-state index < -0.39 is 35.6 Å². The summed E-state index contributed by atoms with van der Waals surface area (Å²) in [5, 5.41) is 18.0. The molecule has 7 atom stereocenters. The minimum Gasteiger partial charge on any atom is -0.394 e. The molecule has 2 aromatic carbocycles. The topological polar surface area (TPSA) is 108 Å². The zero-order valence-electron chi connectivity index (χ0n) is 20.6. The van der Waals surface area contributed by atoms with Gasteiger partial charge in [0.15, 0.2) is 0 Å². The van der Waals surface area contributed by atoms with E-state index in [-0.39, 0.29) is 35.1 Å². The number of carbonyl (C=O) groups excluding carboxylic acids is 3. The molecular weight excluding hydrogens is 526 g/mol. The predicted molar refractivity (Wildman–Crippen MR) is 140 cm³/mol. The number of hydrogen-bond acceptors (Lipinski definition) is 5. The van der Waals surface area contributed by atoms with E-state index in [4.69, 9.17) is 4.74 Å². The van der Waals surface area contributed by atoms with Crippen LogP contribution in [0.5, 0.6) is 0 Å². The van der Waals surface area contributed by atoms with E-state index in [1.807, 2.05) is 56.3 Å². The molecule has 0 radical (unpaired) electrons. The lowest BCUT2D eigenvalue weighted by molar-refractivity contribution is -0.144. The number of halogens is 1. The maximum absolute atomic E-state index is 14.0. The van der Waals surface area contributed by atoms with Crippen LogP contribution >= 0.6 is 15.9 Å². The summed E-state index contributed by atoms with van der Waals surface area (Å²) in [6.45, 7) is 3.74. The Bertz CT molecular complexity index is 1200. The molecule has 3 heterocycles. The summed E-state index contributed by atoms with van der Waals surface area (Å²) < 4.78 is 6.46. The Balaban J connectivity index is 1.56. The number of hydrogen-bond donors (Lipinski definition) is 3. The Kier molecular flexibility index (Phi) is 6.59. The molecule has 0 aliphatic carbocycles. The smallest absolute Gasteiger partial charge is 0.250 e. The number of amides is 3. The van der Waals surface area contributed by atoms with E-state index in [9.17, 15) is 19.5 Å². The fraction of sp³-hybridized carbons (Fsp3) is 0.519. The fourth-order valence-corrected chi connectivity index (χ4v) is 7.47. The first-order valence-corrected chi connectivity index (χ1v) is 13.4. The molecule has 3 aliphatic rings. The number of nitrogens with one attached hydrogen (secondary N) is 2. The van der Waals surface area contributed by atoms with E-state index in [0.717, 1.165) is 10.8 Å². The first-order chi connectivity index (χ1) is 17.2. The zero-order valence-corrected chi connectivity index (χ0v) is 22.2. The van der Waals surface area contributed by atoms with Gasteiger partial charge in [-0.1, -0.05) is 60.1 Å². The highest BCUT2D eigenvalue weighted by Crippen LogP contribution is 2.60. The van der Waals surface area contributed by atoms with Gasteiger partial charge in [0.1, 0.15) is 11.6 Å². The first-order valence-electron chi connectivity index (χ1n) is 12.5. The van der Waals surface area contributed by atoms with Crippen LogP contribution in [0.15, 0.2) is 42.5 Å². The predicted octanol–water partition coefficient (Wildman–Crippen LogP) is 2.68. The first kappa shape index (κ1) is 25.2. The molecule has 3 N–H and O–H groups in total. The van der Waals surface area contributed by atoms with Crippen molar-refractivity contribution in [1.29, 1.82) is 0 Å². The second-order valence-electron chi connectivity index (χ2n) is 10.5. The molecule has 0 aromatic heterocycles. The van der Waals surface area contributed by atoms with E-state index in [1.54, 1.807) is 7.05 Å². The molecule has 3 saturated heterocycles. The molecule has 3 aliphatic heterocycles. The van der Waals surface area contributed by atoms with Gasteiger partial charge < -0.3 is 25.4 Å². The Morgan fingerprint density at radius 3 is 2.58 bits per heavy atom. The fourth-order valence-electron chi connectivity index (χ4n) is 6.52. The van der Waals surface area contributed by atoms with Gasteiger partial charge >= 0.3 is 0 Å². The Morgan fingerprint density at radius 1 is 1.19 bits per heavy atom. The van der Waals surface area contributed by atoms with E-state index in [0.29, 0.717) is 18.5 Å². The number of nitrogens with zero attached hydrogens (tertiary/aromatic N) is 1. The Morgan fingerprint density at radius 2 is 1.92 bits per heavy atom. The van der Waals surface area contributed by atoms with Crippen molar-refractivity contribution in [2.24, 2.45) is 17.8 Å². The quantitative estimate of drug-likeness (QED) is 0.453. The van der Waals surface area contributed by atoms with Crippen LogP contribution < -0.4 is 10.6 Å². The minimum absolute atomic E-state index is 0.169. The summed E-state index contributed by atoms with van der Waals surface area (Å²) in [5.74, 6) is -2.26. The third-order valence-corrected chi connectivity index (χ3v) is 8.73. The molecule has 0 saturated carbocycles. The second-order valence-corrected chi connectivity index (χ2v) is 11.7. The number of aliphatic hydroxyl groups excluding tert-OH is 1. The molecule has 1 spiro atoms. The van der Waals surface area contributed by atoms with Crippen molar-refractivity contribution < 1.29 is 24.2 Å². The van der Waals surface area contributed by atoms with Crippen LogP contribution in [0.25, 0.3) is 10.8 Å². The highest BCUT2D eigenvalue weighted by Gasteiger charge is 2.77. The number of aliphatic hydroxyl groups is 1. The highest BCUT2D eigenvalue weighted by atomic mass is 79.9. The summed E-state index contributed by atoms with van der Waals surface area (Å²) in [6, 6.07) is 12.0. The number of benzene rings is 2. The Labute approximate surface area is 218 Å². The van der Waals surface area contributed by atoms with Gasteiger partial charge in [-0.3, -0.25) is 14.4 Å². The molecule has 3 fully saturated rings. The Hall–Kier alpha value is -2.49. The maximum atomic E-state index is 14.0. The van der Waals surface area contributed by atoms with E-state index in [2.05, 4.69) is 26.6 Å². The molecule has 2 bridgehead atoms. The van der Waals surface area contributed by atoms with Crippen molar-refractivity contribution >= 4 is 50.1 Å². The van der Waals surface area contributed by atoms with Crippen molar-refractivity contribution in [3.05, 3.63) is 42.5 Å². The summed E-state index contributed by atoms with van der Waals surface area (Å²) in [6.07, 6.45) is 0.444. The number of likely N-dealkylation sites (tertiary alicyclic amines) is 1. The number of ether oxygens (including phenoxy) is 1. The van der Waals surface area contributed by atoms with Crippen molar-refractivity contribution in [1.82, 2.24) is 10.2 Å². The van der Waals surface area contributed by atoms with Crippen molar-refractivity contribution in [3.63, 3.8) is 0 Å². The molecule has 9 heteroatoms. The highest BCUT2D eigenvalue weighted by molar-refractivity contribution is 9.09. The largest absolute Gasteiger partial charge is 0.394 e. The van der Waals surface area contributed by atoms with Crippen molar-refractivity contribution in [2.75, 3.05) is 19.0 Å². The lowest BCUT2D eigenvalue weighted by atomic mass is 9.70. The number of anilines is 1. The average Bonchev–Trinajstić information content (AvgIpc) is 3.45. The van der Waals surface area contributed by atoms with E-state index >= 15 is 0 Å². The summed E-state index contributed by atoms with van der Waals surface area (Å²) in [7, 11) is 1.54. The standard InChI is InChI=1S/C27H32BrN3O5/c1-14(2)10-18(13-32)31-23(25(34)30-17-9-8-15-6-4-5-7-16(15)11-17)27-12-19(28)22(36-27)20(24(33)29-3)21(27)26(31)35/h4-9,11,14,18-23,32H,10,12-13H2,1-3H3,(H,29,33)(H,30,34)/t18-,19?,20-,21+,22-,23?,27?/m1/s1. The minimum atomic E-state index is -1.15. The lowest BCUT2D eigenvalue weighted by Crippen LogP contribution is -2.56. The number of alkyl halides is 1. The number of fused-ring (bicyclic) bond motifs is 2. The lowest BCUT2D eigenvalue weighted by Gasteiger charge is -2.37. The summed E-state index contributed by atoms with van der Waals surface area (Å²) in [5.41, 5.74) is -0.542. The van der Waals surface area contributed by atoms with Crippen molar-refractivity contribution in [3.8, 4) is 0 Å². The molecular formula is C27H32BrN3O5. The van der Waals surface area contributed by atoms with Gasteiger partial charge in [0.25, 0.3) is 0 Å². The van der Waals surface area contributed by atoms with Crippen LogP contribution in [-0.4, -0.2) is 70.0 Å². The normalized spacial score (nSPS) is 31.7. The molecule has 3 amide bonds. The monoisotopic (exact) mass is 557 g/mol. The zero-order chi connectivity index (χ0) is 25.8. The van der Waals surface area contributed by atoms with Crippen LogP contribution in [0.3, 0.4) is 0 Å². The van der Waals surface area contributed by atoms with Gasteiger partial charge in [-0.2, -0.15) is 0 Å². The third-order valence-electron chi connectivity index (χ3n) is 7.89. The summed E-state index contributed by atoms with van der Waals surface area (Å²) in [4.78, 5) is 42.3. The summed E-state index contributed by atoms with van der Waals surface area (Å²) >= 11 is 3.65. The second kappa shape index (κ2) is 9.43. The molecule has 3 unspecified atom stereocenters. The molecule has 8 nitrogen and oxygen atoms in total. The third kappa shape index (κ3) is 3.83. The maximum Gasteiger partial charge on any atom is 0.250 e. The molecule has 36 heavy (non-hydrogen) atoms. The number of carbonyl (C=O) groups is 3. The average molecular weight is 558 g/mol. The van der Waals surface area contributed by atoms with Gasteiger partial charge in [-0.05, 0) is 41.7 Å². The van der Waals surface area contributed by atoms with Gasteiger partial charge in [-0.25, -0.2) is 0 Å². The van der Waals surface area contributed by atoms with Gasteiger partial charge in [0, 0.05) is 17.6 Å². The van der Waals surface area contributed by atoms with Crippen LogP contribution in [0.4, 0.5) is 5.69 Å². The molecule has 192 valence electrons. The van der Waals surface area contributed by atoms with Gasteiger partial charge in [0.2, 0.25) is 17.7 Å². The number of rotatable bonds is 7. The molecule has 5 rings (SSSR count). The van der Waals surface area contributed by atoms with Crippen LogP contribution in [0.1, 0.15) is 26.7 Å². The van der Waals surface area contributed by atoms with Gasteiger partial charge in [0.05, 0.1) is 30.6 Å². The van der Waals surface area contributed by atoms with Gasteiger partial charge in [-0.15, -0.1) is 0 Å². The molecule has 2 aromatic rings. The van der Waals surface area contributed by atoms with Crippen LogP contribution in [0, 0.1) is 17.8 Å². The van der Waals surface area contributed by atoms with Crippen LogP contribution in [0.2, 0.25) is 0 Å². The SMILES string of the molecule is CNC(=O)[C@H]1[C@@H]2OC3(CC2Br)C(C(=O)Nc2ccc4ccccc4c2)N([C@@H](CO)CC(C)C)C(=O)[C@H]13. The van der Waals surface area contributed by atoms with Crippen LogP contribution in [-0.2, 0) is 19.1 Å².